The zero-order valence-electron chi connectivity index (χ0n) is 42.4. The predicted molar refractivity (Wildman–Crippen MR) is 291 cm³/mol. The van der Waals surface area contributed by atoms with Crippen LogP contribution in [0.5, 0.6) is 0 Å². The fourth-order valence-corrected chi connectivity index (χ4v) is 12.2. The van der Waals surface area contributed by atoms with E-state index in [-0.39, 0.29) is 81.3 Å². The number of nitrogens with two attached hydrogens (primary N) is 5. The third-order valence-corrected chi connectivity index (χ3v) is 17.0. The first-order chi connectivity index (χ1) is 39.0. The van der Waals surface area contributed by atoms with Gasteiger partial charge in [0, 0.05) is 48.5 Å². The molecule has 0 spiro atoms. The molecule has 10 heterocycles. The Kier molecular flexibility index (Phi) is 16.8. The monoisotopic (exact) mass is 1340 g/mol. The van der Waals surface area contributed by atoms with Gasteiger partial charge in [-0.25, -0.2) is 28.4 Å². The Morgan fingerprint density at radius 3 is 1.91 bits per heavy atom. The summed E-state index contributed by atoms with van der Waals surface area (Å²) in [6.45, 7) is 0. The van der Waals surface area contributed by atoms with Gasteiger partial charge in [-0.3, -0.25) is 22.8 Å². The van der Waals surface area contributed by atoms with Crippen LogP contribution in [0.2, 0.25) is 5.02 Å². The normalized spacial score (nSPS) is 30.0. The van der Waals surface area contributed by atoms with Crippen molar-refractivity contribution in [2.45, 2.75) is 149 Å². The van der Waals surface area contributed by atoms with E-state index in [2.05, 4.69) is 50.9 Å². The average Bonchev–Trinajstić information content (AvgIpc) is 2.17. The summed E-state index contributed by atoms with van der Waals surface area (Å²) in [5.41, 5.74) is 31.6. The van der Waals surface area contributed by atoms with E-state index in [1.54, 1.807) is 22.6 Å². The molecule has 5 aromatic heterocycles. The van der Waals surface area contributed by atoms with Gasteiger partial charge in [-0.15, -0.1) is 0 Å². The highest BCUT2D eigenvalue weighted by Crippen LogP contribution is 2.54. The van der Waals surface area contributed by atoms with Gasteiger partial charge in [0.25, 0.3) is 0 Å². The lowest BCUT2D eigenvalue weighted by atomic mass is 9.69. The fraction of sp³-hybridized carbons (Fsp3) is 0.556. The number of ether oxygens (including phenoxy) is 6. The molecular weight excluding hydrogens is 1290 g/mol. The van der Waals surface area contributed by atoms with Crippen molar-refractivity contribution < 1.29 is 53.2 Å². The highest BCUT2D eigenvalue weighted by molar-refractivity contribution is 14.1. The van der Waals surface area contributed by atoms with Crippen molar-refractivity contribution in [1.82, 2.24) is 47.8 Å². The van der Waals surface area contributed by atoms with E-state index in [1.165, 1.54) is 30.9 Å². The minimum atomic E-state index is -2.79. The SMILES string of the molecule is [N-]=[N+]=N[C@H]1C[C@H](n2ccc(N)nc2=O)O[C@@H]1C(O)[C@H]1C[C@H](n2cc(I)c(N)nc2=O)O[C@@]1(C(OC(O)[C@@H]1CC[C@H](n2cc(Br)c(N)nc2=O)O1)C(O)[C@@H]1CC[C@H](n2cc(Cl)c(N)nc2=O)O1)C(O)[C@@H]1CC[C@H](n2cc(F)c(N)nc2=O)O1. The molecule has 5 fully saturated rings. The number of azide groups is 1. The molecule has 10 rings (SSSR count). The van der Waals surface area contributed by atoms with E-state index in [0.29, 0.717) is 0 Å². The van der Waals surface area contributed by atoms with Crippen LogP contribution >= 0.6 is 50.1 Å². The van der Waals surface area contributed by atoms with Gasteiger partial charge in [-0.2, -0.15) is 24.9 Å². The topological polar surface area (TPSA) is 490 Å². The van der Waals surface area contributed by atoms with Crippen LogP contribution < -0.4 is 57.1 Å². The maximum Gasteiger partial charge on any atom is 0.351 e. The number of anilines is 5. The van der Waals surface area contributed by atoms with E-state index in [4.69, 9.17) is 68.7 Å². The lowest BCUT2D eigenvalue weighted by Gasteiger charge is -2.50. The highest BCUT2D eigenvalue weighted by Gasteiger charge is 2.68. The van der Waals surface area contributed by atoms with Crippen LogP contribution in [0.15, 0.2) is 70.6 Å². The van der Waals surface area contributed by atoms with Gasteiger partial charge in [0.05, 0.1) is 49.7 Å². The molecule has 37 heteroatoms. The first-order valence-electron chi connectivity index (χ1n) is 25.2. The Morgan fingerprint density at radius 2 is 1.26 bits per heavy atom. The standard InChI is InChI=1S/C45H52BrClFIN18O15/c46-16-11-64(41(73)57-35(16)51)25-6-3-23(79-25)39(71)81-34(31(69)21-1-4-26(77-21)65-12-17(47)36(52)58-42(65)74)45(33(70)22-2-5-27(78-22)66-13-18(48)37(53)59-43(66)75)15(9-29(82-45)67-14-19(49)38(54)60-44(67)76)30(68)32-20(61-62-55)10-28(80-32)63-8-7-24(50)56-40(63)72/h7-8,11-15,20-23,25-34,39,68-71H,1-6,9-10H2,(H2,50,56,72)(H2,51,57,73)(H2,52,58,74)(H2,53,59,75)(H2,54,60,76)/t15-,20+,21+,22+,23+,25-,26-,27-,28-,29-,30?,31?,32+,33?,34?,39?,45-/m1/s1. The Balaban J connectivity index is 1.14. The summed E-state index contributed by atoms with van der Waals surface area (Å²) < 4.78 is 59.5. The van der Waals surface area contributed by atoms with Crippen molar-refractivity contribution >= 4 is 79.2 Å². The van der Waals surface area contributed by atoms with E-state index in [9.17, 15) is 49.9 Å². The highest BCUT2D eigenvalue weighted by atomic mass is 127. The summed E-state index contributed by atoms with van der Waals surface area (Å²) in [4.78, 5) is 88.7. The molecule has 0 radical (unpaired) electrons. The second-order valence-corrected chi connectivity index (χ2v) is 22.4. The van der Waals surface area contributed by atoms with Crippen molar-refractivity contribution in [3.8, 4) is 0 Å². The van der Waals surface area contributed by atoms with Gasteiger partial charge in [0.15, 0.2) is 17.9 Å². The molecule has 5 aliphatic rings. The molecule has 5 aliphatic heterocycles. The van der Waals surface area contributed by atoms with Crippen molar-refractivity contribution in [2.24, 2.45) is 11.0 Å². The summed E-state index contributed by atoms with van der Waals surface area (Å²) >= 11 is 11.4. The summed E-state index contributed by atoms with van der Waals surface area (Å²) in [6.07, 6.45) is -19.2. The zero-order chi connectivity index (χ0) is 58.8. The molecule has 440 valence electrons. The second-order valence-electron chi connectivity index (χ2n) is 20.0. The predicted octanol–water partition coefficient (Wildman–Crippen LogP) is -0.599. The lowest BCUT2D eigenvalue weighted by molar-refractivity contribution is -0.312. The number of nitrogens with zero attached hydrogens (tertiary/aromatic N) is 13. The molecule has 17 atom stereocenters. The first kappa shape index (κ1) is 58.9. The Hall–Kier alpha value is -6.26. The van der Waals surface area contributed by atoms with Gasteiger partial charge in [-0.05, 0) is 88.6 Å². The lowest BCUT2D eigenvalue weighted by Crippen LogP contribution is -2.69. The van der Waals surface area contributed by atoms with Crippen molar-refractivity contribution in [3.63, 3.8) is 0 Å². The summed E-state index contributed by atoms with van der Waals surface area (Å²) in [6, 6.07) is -0.0513. The third kappa shape index (κ3) is 11.1. The number of aliphatic hydroxyl groups is 4. The van der Waals surface area contributed by atoms with Crippen LogP contribution in [-0.4, -0.2) is 135 Å². The molecule has 14 N–H and O–H groups in total. The van der Waals surface area contributed by atoms with E-state index >= 15 is 4.39 Å². The molecule has 0 aromatic carbocycles. The first-order valence-corrected chi connectivity index (χ1v) is 27.5. The number of rotatable bonds is 16. The summed E-state index contributed by atoms with van der Waals surface area (Å²) in [5, 5.41) is 56.3. The third-order valence-electron chi connectivity index (χ3n) is 15.2. The quantitative estimate of drug-likeness (QED) is 0.0196. The van der Waals surface area contributed by atoms with Crippen molar-refractivity contribution in [2.75, 3.05) is 28.7 Å². The van der Waals surface area contributed by atoms with Crippen molar-refractivity contribution in [3.05, 3.63) is 119 Å². The van der Waals surface area contributed by atoms with Crippen LogP contribution in [0.4, 0.5) is 33.5 Å². The van der Waals surface area contributed by atoms with Gasteiger partial charge in [0.1, 0.15) is 84.4 Å². The number of halogens is 4. The Morgan fingerprint density at radius 1 is 0.707 bits per heavy atom. The van der Waals surface area contributed by atoms with E-state index in [1.807, 2.05) is 0 Å². The molecule has 0 bridgehead atoms. The Labute approximate surface area is 485 Å². The van der Waals surface area contributed by atoms with E-state index < -0.39 is 150 Å². The average molecular weight is 1350 g/mol. The number of aromatic nitrogens is 10. The Bertz CT molecular complexity index is 3640. The molecule has 0 aliphatic carbocycles. The summed E-state index contributed by atoms with van der Waals surface area (Å²) in [5.74, 6) is -4.29. The molecule has 5 saturated heterocycles. The van der Waals surface area contributed by atoms with Gasteiger partial charge < -0.3 is 77.5 Å². The van der Waals surface area contributed by atoms with Crippen molar-refractivity contribution in [1.29, 1.82) is 0 Å². The van der Waals surface area contributed by atoms with Crippen LogP contribution in [0.3, 0.4) is 0 Å². The van der Waals surface area contributed by atoms with Crippen LogP contribution in [0, 0.1) is 15.3 Å². The smallest absolute Gasteiger partial charge is 0.351 e. The van der Waals surface area contributed by atoms with Gasteiger partial charge in [-0.1, -0.05) is 16.7 Å². The maximum atomic E-state index is 15.0. The number of nitrogen functional groups attached to an aromatic ring is 5. The second kappa shape index (κ2) is 23.4. The minimum absolute atomic E-state index is 0.0267. The minimum Gasteiger partial charge on any atom is -0.390 e. The molecule has 5 aromatic rings. The molecular formula is C45H52BrClFIN18O15. The molecule has 0 saturated carbocycles. The molecule has 82 heavy (non-hydrogen) atoms. The van der Waals surface area contributed by atoms with Crippen LogP contribution in [0.1, 0.15) is 82.5 Å². The number of aliphatic hydroxyl groups excluding tert-OH is 4. The van der Waals surface area contributed by atoms with Crippen LogP contribution in [0.25, 0.3) is 10.4 Å². The van der Waals surface area contributed by atoms with Crippen LogP contribution in [-0.2, 0) is 28.4 Å². The van der Waals surface area contributed by atoms with Gasteiger partial charge in [0.2, 0.25) is 0 Å². The van der Waals surface area contributed by atoms with Gasteiger partial charge >= 0.3 is 28.4 Å². The largest absolute Gasteiger partial charge is 0.390 e. The number of hydrogen-bond acceptors (Lipinski definition) is 26. The van der Waals surface area contributed by atoms with E-state index in [0.717, 1.165) is 29.0 Å². The molecule has 33 nitrogen and oxygen atoms in total. The summed E-state index contributed by atoms with van der Waals surface area (Å²) in [7, 11) is 0. The molecule has 5 unspecified atom stereocenters. The molecule has 0 amide bonds. The zero-order valence-corrected chi connectivity index (χ0v) is 46.8. The maximum absolute atomic E-state index is 15.0. The fourth-order valence-electron chi connectivity index (χ4n) is 11.4. The number of hydrogen-bond donors (Lipinski definition) is 9.